The molecule has 1 amide bonds. The summed E-state index contributed by atoms with van der Waals surface area (Å²) in [5.41, 5.74) is 0. The Balaban J connectivity index is 1.67. The number of morpholine rings is 1. The van der Waals surface area contributed by atoms with Crippen molar-refractivity contribution in [1.82, 2.24) is 25.0 Å². The molecule has 0 spiro atoms. The largest absolute Gasteiger partial charge is 0.366 e. The van der Waals surface area contributed by atoms with Crippen molar-refractivity contribution in [3.63, 3.8) is 0 Å². The number of nitrogens with zero attached hydrogens (tertiary/aromatic N) is 4. The van der Waals surface area contributed by atoms with Gasteiger partial charge in [0.25, 0.3) is 5.91 Å². The number of ether oxygens (including phenoxy) is 1. The number of carbonyl (C=O) groups is 1. The van der Waals surface area contributed by atoms with Gasteiger partial charge in [-0.15, -0.1) is 10.2 Å². The Morgan fingerprint density at radius 1 is 1.53 bits per heavy atom. The number of amides is 1. The minimum Gasteiger partial charge on any atom is -0.366 e. The second-order valence-electron chi connectivity index (χ2n) is 4.26. The number of aromatic nitrogens is 3. The van der Waals surface area contributed by atoms with E-state index >= 15 is 0 Å². The molecular weight excluding hydrogens is 222 g/mol. The van der Waals surface area contributed by atoms with Gasteiger partial charge >= 0.3 is 0 Å². The van der Waals surface area contributed by atoms with Crippen LogP contribution in [0.5, 0.6) is 0 Å². The van der Waals surface area contributed by atoms with Crippen LogP contribution < -0.4 is 5.32 Å². The Labute approximate surface area is 98.8 Å². The van der Waals surface area contributed by atoms with Gasteiger partial charge in [0.05, 0.1) is 13.2 Å². The fraction of sp³-hybridized carbons (Fsp3) is 0.700. The molecule has 0 bridgehead atoms. The highest BCUT2D eigenvalue weighted by atomic mass is 16.5. The Morgan fingerprint density at radius 2 is 2.47 bits per heavy atom. The highest BCUT2D eigenvalue weighted by Crippen LogP contribution is 2.12. The van der Waals surface area contributed by atoms with Crippen LogP contribution in [0.25, 0.3) is 0 Å². The molecule has 1 aromatic rings. The number of hydrogen-bond donors (Lipinski definition) is 1. The molecular formula is C10H15N5O2. The van der Waals surface area contributed by atoms with Crippen molar-refractivity contribution in [2.24, 2.45) is 0 Å². The summed E-state index contributed by atoms with van der Waals surface area (Å²) in [4.78, 5) is 14.0. The third-order valence-electron chi connectivity index (χ3n) is 3.15. The van der Waals surface area contributed by atoms with Gasteiger partial charge in [-0.3, -0.25) is 4.79 Å². The average Bonchev–Trinajstić information content (AvgIpc) is 2.86. The topological polar surface area (TPSA) is 72.3 Å². The molecule has 1 N–H and O–H groups in total. The Hall–Kier alpha value is -1.47. The number of carbonyl (C=O) groups excluding carboxylic acids is 1. The number of nitrogens with one attached hydrogen (secondary N) is 1. The predicted molar refractivity (Wildman–Crippen MR) is 58.0 cm³/mol. The van der Waals surface area contributed by atoms with Crippen molar-refractivity contribution >= 4 is 5.91 Å². The van der Waals surface area contributed by atoms with Crippen LogP contribution in [0.3, 0.4) is 0 Å². The Kier molecular flexibility index (Phi) is 2.77. The van der Waals surface area contributed by atoms with Gasteiger partial charge in [0.2, 0.25) is 0 Å². The van der Waals surface area contributed by atoms with E-state index in [1.54, 1.807) is 11.2 Å². The fourth-order valence-electron chi connectivity index (χ4n) is 2.18. The summed E-state index contributed by atoms with van der Waals surface area (Å²) in [6.07, 6.45) is 1.36. The molecule has 0 saturated carbocycles. The van der Waals surface area contributed by atoms with E-state index in [0.29, 0.717) is 26.2 Å². The normalized spacial score (nSPS) is 24.5. The molecule has 7 heteroatoms. The third-order valence-corrected chi connectivity index (χ3v) is 3.15. The first kappa shape index (κ1) is 10.7. The lowest BCUT2D eigenvalue weighted by molar-refractivity contribution is -0.146. The van der Waals surface area contributed by atoms with Crippen LogP contribution in [0.15, 0.2) is 6.33 Å². The first-order valence-corrected chi connectivity index (χ1v) is 5.82. The standard InChI is InChI=1S/C10H15N5O2/c16-10(8-5-11-1-4-17-8)14-2-3-15-7-12-13-9(15)6-14/h7-8,11H,1-6H2. The second kappa shape index (κ2) is 4.42. The summed E-state index contributed by atoms with van der Waals surface area (Å²) in [7, 11) is 0. The first-order valence-electron chi connectivity index (χ1n) is 5.82. The van der Waals surface area contributed by atoms with E-state index in [9.17, 15) is 4.79 Å². The van der Waals surface area contributed by atoms with E-state index < -0.39 is 0 Å². The Morgan fingerprint density at radius 3 is 3.29 bits per heavy atom. The maximum absolute atomic E-state index is 12.2. The van der Waals surface area contributed by atoms with E-state index in [-0.39, 0.29) is 12.0 Å². The van der Waals surface area contributed by atoms with Crippen LogP contribution in [0.2, 0.25) is 0 Å². The lowest BCUT2D eigenvalue weighted by atomic mass is 10.2. The van der Waals surface area contributed by atoms with Gasteiger partial charge in [-0.25, -0.2) is 0 Å². The molecule has 1 aromatic heterocycles. The van der Waals surface area contributed by atoms with Crippen molar-refractivity contribution in [1.29, 1.82) is 0 Å². The maximum Gasteiger partial charge on any atom is 0.253 e. The molecule has 3 heterocycles. The maximum atomic E-state index is 12.2. The van der Waals surface area contributed by atoms with Crippen LogP contribution in [0.1, 0.15) is 5.82 Å². The average molecular weight is 237 g/mol. The molecule has 7 nitrogen and oxygen atoms in total. The van der Waals surface area contributed by atoms with E-state index in [1.165, 1.54) is 0 Å². The minimum absolute atomic E-state index is 0.0476. The SMILES string of the molecule is O=C(C1CNCCO1)N1CCn2cnnc2C1. The van der Waals surface area contributed by atoms with Gasteiger partial charge in [-0.2, -0.15) is 0 Å². The molecule has 0 radical (unpaired) electrons. The number of hydrogen-bond acceptors (Lipinski definition) is 5. The third kappa shape index (κ3) is 2.03. The zero-order valence-corrected chi connectivity index (χ0v) is 9.50. The van der Waals surface area contributed by atoms with Gasteiger partial charge in [0.1, 0.15) is 12.4 Å². The zero-order valence-electron chi connectivity index (χ0n) is 9.50. The summed E-state index contributed by atoms with van der Waals surface area (Å²) in [5.74, 6) is 0.889. The van der Waals surface area contributed by atoms with Crippen LogP contribution in [0, 0.1) is 0 Å². The van der Waals surface area contributed by atoms with Crippen LogP contribution in [-0.4, -0.2) is 57.9 Å². The van der Waals surface area contributed by atoms with Crippen molar-refractivity contribution in [3.8, 4) is 0 Å². The second-order valence-corrected chi connectivity index (χ2v) is 4.26. The lowest BCUT2D eigenvalue weighted by Gasteiger charge is -2.32. The van der Waals surface area contributed by atoms with Crippen LogP contribution >= 0.6 is 0 Å². The highest BCUT2D eigenvalue weighted by molar-refractivity contribution is 5.81. The summed E-state index contributed by atoms with van der Waals surface area (Å²) in [6, 6.07) is 0. The molecule has 17 heavy (non-hydrogen) atoms. The monoisotopic (exact) mass is 237 g/mol. The molecule has 1 atom stereocenters. The van der Waals surface area contributed by atoms with Gasteiger partial charge in [0, 0.05) is 26.2 Å². The summed E-state index contributed by atoms with van der Waals surface area (Å²) in [6.45, 7) is 4.00. The minimum atomic E-state index is -0.349. The lowest BCUT2D eigenvalue weighted by Crippen LogP contribution is -2.51. The van der Waals surface area contributed by atoms with E-state index in [1.807, 2.05) is 4.57 Å². The van der Waals surface area contributed by atoms with E-state index in [4.69, 9.17) is 4.74 Å². The Bertz CT molecular complexity index is 413. The fourth-order valence-corrected chi connectivity index (χ4v) is 2.18. The molecule has 1 saturated heterocycles. The van der Waals surface area contributed by atoms with Crippen molar-refractivity contribution in [3.05, 3.63) is 12.2 Å². The van der Waals surface area contributed by atoms with Gasteiger partial charge < -0.3 is 19.5 Å². The summed E-state index contributed by atoms with van der Waals surface area (Å²) < 4.78 is 7.44. The van der Waals surface area contributed by atoms with Gasteiger partial charge in [0.15, 0.2) is 5.82 Å². The first-order chi connectivity index (χ1) is 8.34. The van der Waals surface area contributed by atoms with Crippen molar-refractivity contribution in [2.45, 2.75) is 19.2 Å². The molecule has 0 aromatic carbocycles. The van der Waals surface area contributed by atoms with Crippen molar-refractivity contribution in [2.75, 3.05) is 26.2 Å². The predicted octanol–water partition coefficient (Wildman–Crippen LogP) is -1.39. The summed E-state index contributed by atoms with van der Waals surface area (Å²) >= 11 is 0. The molecule has 1 unspecified atom stereocenters. The number of fused-ring (bicyclic) bond motifs is 1. The molecule has 92 valence electrons. The van der Waals surface area contributed by atoms with Gasteiger partial charge in [-0.05, 0) is 0 Å². The molecule has 2 aliphatic heterocycles. The quantitative estimate of drug-likeness (QED) is 0.651. The smallest absolute Gasteiger partial charge is 0.253 e. The number of rotatable bonds is 1. The molecule has 3 rings (SSSR count). The zero-order chi connectivity index (χ0) is 11.7. The highest BCUT2D eigenvalue weighted by Gasteiger charge is 2.29. The molecule has 1 fully saturated rings. The van der Waals surface area contributed by atoms with Crippen LogP contribution in [-0.2, 0) is 22.6 Å². The van der Waals surface area contributed by atoms with E-state index in [2.05, 4.69) is 15.5 Å². The van der Waals surface area contributed by atoms with E-state index in [0.717, 1.165) is 18.9 Å². The molecule has 2 aliphatic rings. The van der Waals surface area contributed by atoms with Gasteiger partial charge in [-0.1, -0.05) is 0 Å². The van der Waals surface area contributed by atoms with Crippen LogP contribution in [0.4, 0.5) is 0 Å². The molecule has 0 aliphatic carbocycles. The summed E-state index contributed by atoms with van der Waals surface area (Å²) in [5, 5.41) is 11.0. The van der Waals surface area contributed by atoms with Crippen molar-refractivity contribution < 1.29 is 9.53 Å².